The molecule has 0 unspecified atom stereocenters. The molecule has 2 rings (SSSR count). The van der Waals surface area contributed by atoms with E-state index in [0.717, 1.165) is 4.47 Å². The van der Waals surface area contributed by atoms with Gasteiger partial charge in [0.25, 0.3) is 5.91 Å². The van der Waals surface area contributed by atoms with E-state index in [1.165, 1.54) is 11.1 Å². The van der Waals surface area contributed by atoms with Gasteiger partial charge >= 0.3 is 0 Å². The van der Waals surface area contributed by atoms with Crippen LogP contribution in [0.25, 0.3) is 0 Å². The van der Waals surface area contributed by atoms with Gasteiger partial charge in [0.2, 0.25) is 0 Å². The van der Waals surface area contributed by atoms with Crippen LogP contribution < -0.4 is 0 Å². The second-order valence-corrected chi connectivity index (χ2v) is 5.81. The van der Waals surface area contributed by atoms with Crippen molar-refractivity contribution >= 4 is 21.8 Å². The lowest BCUT2D eigenvalue weighted by molar-refractivity contribution is -0.0734. The summed E-state index contributed by atoms with van der Waals surface area (Å²) in [6.45, 7) is 1.38. The van der Waals surface area contributed by atoms with Crippen LogP contribution in [0, 0.1) is 0 Å². The molecular formula is C13H17BrN2O3. The molecule has 0 saturated carbocycles. The lowest BCUT2D eigenvalue weighted by atomic mass is 9.94. The highest BCUT2D eigenvalue weighted by Crippen LogP contribution is 2.22. The molecule has 5 nitrogen and oxygen atoms in total. The third-order valence-electron chi connectivity index (χ3n) is 3.25. The van der Waals surface area contributed by atoms with Crippen molar-refractivity contribution in [3.05, 3.63) is 28.5 Å². The molecule has 0 radical (unpaired) electrons. The topological polar surface area (TPSA) is 62.7 Å². The lowest BCUT2D eigenvalue weighted by Crippen LogP contribution is -2.47. The Kier molecular flexibility index (Phi) is 4.54. The summed E-state index contributed by atoms with van der Waals surface area (Å²) < 4.78 is 5.99. The summed E-state index contributed by atoms with van der Waals surface area (Å²) in [6.07, 6.45) is 4.27. The molecule has 0 aliphatic carbocycles. The van der Waals surface area contributed by atoms with E-state index in [4.69, 9.17) is 4.74 Å². The number of ether oxygens (including phenoxy) is 1. The number of halogens is 1. The number of nitrogens with zero attached hydrogens (tertiary/aromatic N) is 2. The predicted molar refractivity (Wildman–Crippen MR) is 73.9 cm³/mol. The Bertz CT molecular complexity index is 461. The number of carbonyl (C=O) groups excluding carboxylic acids is 1. The summed E-state index contributed by atoms with van der Waals surface area (Å²) in [5, 5.41) is 10.4. The predicted octanol–water partition coefficient (Wildman–Crippen LogP) is 1.46. The Morgan fingerprint density at radius 1 is 1.53 bits per heavy atom. The van der Waals surface area contributed by atoms with Crippen molar-refractivity contribution < 1.29 is 14.6 Å². The van der Waals surface area contributed by atoms with Gasteiger partial charge in [-0.3, -0.25) is 9.78 Å². The third kappa shape index (κ3) is 3.75. The van der Waals surface area contributed by atoms with Gasteiger partial charge in [0, 0.05) is 56.5 Å². The van der Waals surface area contributed by atoms with Gasteiger partial charge in [-0.1, -0.05) is 0 Å². The Morgan fingerprint density at radius 3 is 2.84 bits per heavy atom. The number of likely N-dealkylation sites (N-methyl/N-ethyl adjacent to an activating group) is 1. The van der Waals surface area contributed by atoms with Gasteiger partial charge in [0.05, 0.1) is 11.2 Å². The minimum Gasteiger partial charge on any atom is -0.388 e. The number of rotatable bonds is 3. The maximum absolute atomic E-state index is 12.2. The Hall–Kier alpha value is -0.980. The molecule has 19 heavy (non-hydrogen) atoms. The Morgan fingerprint density at radius 2 is 2.21 bits per heavy atom. The van der Waals surface area contributed by atoms with Crippen LogP contribution >= 0.6 is 15.9 Å². The van der Waals surface area contributed by atoms with Crippen LogP contribution in [0.15, 0.2) is 22.9 Å². The molecule has 1 aromatic heterocycles. The van der Waals surface area contributed by atoms with Crippen molar-refractivity contribution in [2.24, 2.45) is 0 Å². The average Bonchev–Trinajstić information content (AvgIpc) is 2.38. The van der Waals surface area contributed by atoms with Crippen molar-refractivity contribution in [3.63, 3.8) is 0 Å². The summed E-state index contributed by atoms with van der Waals surface area (Å²) >= 11 is 3.29. The lowest BCUT2D eigenvalue weighted by Gasteiger charge is -2.35. The number of aromatic nitrogens is 1. The first-order valence-corrected chi connectivity index (χ1v) is 6.96. The van der Waals surface area contributed by atoms with Gasteiger partial charge < -0.3 is 14.7 Å². The van der Waals surface area contributed by atoms with E-state index < -0.39 is 5.60 Å². The third-order valence-corrected chi connectivity index (χ3v) is 3.69. The van der Waals surface area contributed by atoms with E-state index in [1.807, 2.05) is 0 Å². The van der Waals surface area contributed by atoms with Crippen molar-refractivity contribution in [1.82, 2.24) is 9.88 Å². The second kappa shape index (κ2) is 5.98. The average molecular weight is 329 g/mol. The summed E-state index contributed by atoms with van der Waals surface area (Å²) in [7, 11) is 1.69. The molecular weight excluding hydrogens is 312 g/mol. The quantitative estimate of drug-likeness (QED) is 0.912. The van der Waals surface area contributed by atoms with Crippen molar-refractivity contribution in [2.45, 2.75) is 18.4 Å². The minimum absolute atomic E-state index is 0.145. The Balaban J connectivity index is 2.03. The molecule has 1 aliphatic rings. The second-order valence-electron chi connectivity index (χ2n) is 4.89. The summed E-state index contributed by atoms with van der Waals surface area (Å²) in [6, 6.07) is 1.72. The first-order valence-electron chi connectivity index (χ1n) is 6.16. The highest BCUT2D eigenvalue weighted by molar-refractivity contribution is 9.10. The molecule has 0 aromatic carbocycles. The highest BCUT2D eigenvalue weighted by Gasteiger charge is 2.32. The molecule has 0 spiro atoms. The van der Waals surface area contributed by atoms with E-state index in [-0.39, 0.29) is 5.91 Å². The van der Waals surface area contributed by atoms with Crippen LogP contribution in [0.3, 0.4) is 0 Å². The van der Waals surface area contributed by atoms with Crippen LogP contribution in [-0.2, 0) is 4.74 Å². The zero-order chi connectivity index (χ0) is 13.9. The van der Waals surface area contributed by atoms with Crippen molar-refractivity contribution in [2.75, 3.05) is 26.8 Å². The molecule has 2 heterocycles. The maximum Gasteiger partial charge on any atom is 0.255 e. The fourth-order valence-corrected chi connectivity index (χ4v) is 2.54. The zero-order valence-corrected chi connectivity index (χ0v) is 12.4. The van der Waals surface area contributed by atoms with Crippen LogP contribution in [-0.4, -0.2) is 53.3 Å². The number of carbonyl (C=O) groups is 1. The molecule has 1 fully saturated rings. The monoisotopic (exact) mass is 328 g/mol. The molecule has 104 valence electrons. The van der Waals surface area contributed by atoms with E-state index in [2.05, 4.69) is 20.9 Å². The first-order chi connectivity index (χ1) is 9.00. The van der Waals surface area contributed by atoms with E-state index in [0.29, 0.717) is 38.2 Å². The number of hydrogen-bond acceptors (Lipinski definition) is 4. The fourth-order valence-electron chi connectivity index (χ4n) is 2.17. The molecule has 1 N–H and O–H groups in total. The fraction of sp³-hybridized carbons (Fsp3) is 0.538. The number of aliphatic hydroxyl groups is 1. The van der Waals surface area contributed by atoms with Gasteiger partial charge in [-0.25, -0.2) is 0 Å². The normalized spacial score (nSPS) is 18.1. The molecule has 1 amide bonds. The molecule has 0 bridgehead atoms. The van der Waals surface area contributed by atoms with Crippen LogP contribution in [0.4, 0.5) is 0 Å². The smallest absolute Gasteiger partial charge is 0.255 e. The summed E-state index contributed by atoms with van der Waals surface area (Å²) in [5.41, 5.74) is -0.338. The zero-order valence-electron chi connectivity index (χ0n) is 10.8. The van der Waals surface area contributed by atoms with Crippen molar-refractivity contribution in [3.8, 4) is 0 Å². The van der Waals surface area contributed by atoms with Gasteiger partial charge in [0.15, 0.2) is 0 Å². The summed E-state index contributed by atoms with van der Waals surface area (Å²) in [4.78, 5) is 17.7. The van der Waals surface area contributed by atoms with E-state index in [9.17, 15) is 9.90 Å². The number of pyridine rings is 1. The van der Waals surface area contributed by atoms with Crippen LogP contribution in [0.5, 0.6) is 0 Å². The van der Waals surface area contributed by atoms with Gasteiger partial charge in [-0.15, -0.1) is 0 Å². The molecule has 1 saturated heterocycles. The van der Waals surface area contributed by atoms with Crippen LogP contribution in [0.1, 0.15) is 23.2 Å². The van der Waals surface area contributed by atoms with Gasteiger partial charge in [0.1, 0.15) is 0 Å². The summed E-state index contributed by atoms with van der Waals surface area (Å²) in [5.74, 6) is -0.145. The Labute approximate surface area is 120 Å². The van der Waals surface area contributed by atoms with Gasteiger partial charge in [-0.2, -0.15) is 0 Å². The molecule has 0 atom stereocenters. The number of hydrogen-bond donors (Lipinski definition) is 1. The van der Waals surface area contributed by atoms with Crippen molar-refractivity contribution in [1.29, 1.82) is 0 Å². The molecule has 1 aliphatic heterocycles. The minimum atomic E-state index is -0.845. The maximum atomic E-state index is 12.2. The highest BCUT2D eigenvalue weighted by atomic mass is 79.9. The molecule has 1 aromatic rings. The first kappa shape index (κ1) is 14.4. The van der Waals surface area contributed by atoms with Gasteiger partial charge in [-0.05, 0) is 22.0 Å². The molecule has 6 heteroatoms. The largest absolute Gasteiger partial charge is 0.388 e. The SMILES string of the molecule is CN(CC1(O)CCOCC1)C(=O)c1cncc(Br)c1. The van der Waals surface area contributed by atoms with E-state index >= 15 is 0 Å². The van der Waals surface area contributed by atoms with Crippen LogP contribution in [0.2, 0.25) is 0 Å². The van der Waals surface area contributed by atoms with E-state index in [1.54, 1.807) is 19.3 Å². The number of amides is 1. The standard InChI is InChI=1S/C13H17BrN2O3/c1-16(9-13(18)2-4-19-5-3-13)12(17)10-6-11(14)8-15-7-10/h6-8,18H,2-5,9H2,1H3.